The summed E-state index contributed by atoms with van der Waals surface area (Å²) in [6.45, 7) is 5.68. The van der Waals surface area contributed by atoms with E-state index in [2.05, 4.69) is 15.5 Å². The third-order valence-electron chi connectivity index (χ3n) is 4.25. The number of carbonyl (C=O) groups is 1. The number of amidine groups is 1. The summed E-state index contributed by atoms with van der Waals surface area (Å²) in [5, 5.41) is 4.21. The highest BCUT2D eigenvalue weighted by atomic mass is 32.1. The van der Waals surface area contributed by atoms with Gasteiger partial charge in [0, 0.05) is 0 Å². The van der Waals surface area contributed by atoms with Gasteiger partial charge in [0.1, 0.15) is 11.5 Å². The van der Waals surface area contributed by atoms with Crippen molar-refractivity contribution in [2.75, 3.05) is 4.90 Å². The molecule has 0 saturated carbocycles. The summed E-state index contributed by atoms with van der Waals surface area (Å²) in [6, 6.07) is 15.5. The molecule has 1 heterocycles. The first kappa shape index (κ1) is 19.4. The average Bonchev–Trinajstić information content (AvgIpc) is 2.93. The van der Waals surface area contributed by atoms with E-state index in [-0.39, 0.29) is 11.0 Å². The fourth-order valence-corrected chi connectivity index (χ4v) is 2.95. The Bertz CT molecular complexity index is 1020. The molecule has 142 valence electrons. The van der Waals surface area contributed by atoms with Gasteiger partial charge in [-0.15, -0.1) is 0 Å². The van der Waals surface area contributed by atoms with Gasteiger partial charge in [0.2, 0.25) is 0 Å². The molecule has 0 aliphatic carbocycles. The number of hydrazone groups is 1. The summed E-state index contributed by atoms with van der Waals surface area (Å²) >= 11 is 4.74. The number of rotatable bonds is 4. The second-order valence-electron chi connectivity index (χ2n) is 6.46. The van der Waals surface area contributed by atoms with E-state index >= 15 is 0 Å². The van der Waals surface area contributed by atoms with Crippen LogP contribution >= 0.6 is 12.2 Å². The first-order valence-electron chi connectivity index (χ1n) is 8.73. The molecule has 0 atom stereocenters. The van der Waals surface area contributed by atoms with Crippen LogP contribution in [0.4, 0.5) is 5.69 Å². The SMILES string of the molecule is CC1=N/C(=C/c2cccc(C)c2)C(=O)N1c1ccc(/C(C)=N/NC(N)=S)cc1. The van der Waals surface area contributed by atoms with Crippen molar-refractivity contribution in [1.82, 2.24) is 5.43 Å². The Morgan fingerprint density at radius 3 is 2.57 bits per heavy atom. The van der Waals surface area contributed by atoms with E-state index < -0.39 is 0 Å². The Hall–Kier alpha value is -3.32. The standard InChI is InChI=1S/C21H21N5OS/c1-13-5-4-6-16(11-13)12-19-20(27)26(15(3)23-19)18-9-7-17(8-10-18)14(2)24-25-21(22)28/h4-12H,1-3H3,(H3,22,25,28)/b19-12+,24-14+. The molecule has 1 aliphatic heterocycles. The van der Waals surface area contributed by atoms with Gasteiger partial charge < -0.3 is 5.73 Å². The van der Waals surface area contributed by atoms with Crippen LogP contribution in [0.15, 0.2) is 64.3 Å². The third kappa shape index (κ3) is 4.32. The summed E-state index contributed by atoms with van der Waals surface area (Å²) in [4.78, 5) is 18.9. The Morgan fingerprint density at radius 1 is 1.21 bits per heavy atom. The lowest BCUT2D eigenvalue weighted by Gasteiger charge is -2.16. The van der Waals surface area contributed by atoms with Crippen LogP contribution in [0, 0.1) is 6.92 Å². The Morgan fingerprint density at radius 2 is 1.93 bits per heavy atom. The van der Waals surface area contributed by atoms with E-state index in [0.717, 1.165) is 28.1 Å². The number of thiocarbonyl (C=S) groups is 1. The second kappa shape index (κ2) is 8.14. The molecule has 0 radical (unpaired) electrons. The van der Waals surface area contributed by atoms with Crippen LogP contribution < -0.4 is 16.1 Å². The van der Waals surface area contributed by atoms with Crippen LogP contribution in [0.25, 0.3) is 6.08 Å². The van der Waals surface area contributed by atoms with Crippen molar-refractivity contribution in [3.63, 3.8) is 0 Å². The molecule has 28 heavy (non-hydrogen) atoms. The zero-order valence-corrected chi connectivity index (χ0v) is 16.7. The van der Waals surface area contributed by atoms with Crippen LogP contribution in [0.5, 0.6) is 0 Å². The Kier molecular flexibility index (Phi) is 5.65. The smallest absolute Gasteiger partial charge is 0.282 e. The highest BCUT2D eigenvalue weighted by Gasteiger charge is 2.28. The van der Waals surface area contributed by atoms with Gasteiger partial charge in [-0.3, -0.25) is 15.1 Å². The van der Waals surface area contributed by atoms with Gasteiger partial charge in [-0.25, -0.2) is 4.99 Å². The first-order chi connectivity index (χ1) is 13.3. The maximum Gasteiger partial charge on any atom is 0.282 e. The fraction of sp³-hybridized carbons (Fsp3) is 0.143. The van der Waals surface area contributed by atoms with Gasteiger partial charge in [-0.1, -0.05) is 42.0 Å². The Labute approximate surface area is 169 Å². The number of hydrogen-bond donors (Lipinski definition) is 2. The molecule has 3 rings (SSSR count). The van der Waals surface area contributed by atoms with E-state index in [1.54, 1.807) is 4.90 Å². The zero-order chi connectivity index (χ0) is 20.3. The summed E-state index contributed by atoms with van der Waals surface area (Å²) in [7, 11) is 0. The number of nitrogens with zero attached hydrogens (tertiary/aromatic N) is 3. The maximum atomic E-state index is 12.9. The Balaban J connectivity index is 1.83. The van der Waals surface area contributed by atoms with Crippen molar-refractivity contribution < 1.29 is 4.79 Å². The van der Waals surface area contributed by atoms with E-state index in [1.807, 2.05) is 75.4 Å². The maximum absolute atomic E-state index is 12.9. The van der Waals surface area contributed by atoms with Crippen LogP contribution in [0.3, 0.4) is 0 Å². The van der Waals surface area contributed by atoms with Gasteiger partial charge in [-0.2, -0.15) is 5.10 Å². The van der Waals surface area contributed by atoms with Gasteiger partial charge in [0.25, 0.3) is 5.91 Å². The number of aliphatic imine (C=N–C) groups is 1. The molecule has 0 bridgehead atoms. The predicted molar refractivity (Wildman–Crippen MR) is 118 cm³/mol. The van der Waals surface area contributed by atoms with Gasteiger partial charge in [0.05, 0.1) is 11.4 Å². The number of nitrogens with two attached hydrogens (primary N) is 1. The molecule has 0 aromatic heterocycles. The van der Waals surface area contributed by atoms with Crippen LogP contribution in [-0.2, 0) is 4.79 Å². The normalized spacial score (nSPS) is 15.8. The minimum absolute atomic E-state index is 0.110. The number of benzene rings is 2. The zero-order valence-electron chi connectivity index (χ0n) is 15.9. The molecule has 0 saturated heterocycles. The lowest BCUT2D eigenvalue weighted by molar-refractivity contribution is -0.113. The van der Waals surface area contributed by atoms with Crippen LogP contribution in [0.2, 0.25) is 0 Å². The number of anilines is 1. The van der Waals surface area contributed by atoms with Gasteiger partial charge >= 0.3 is 0 Å². The predicted octanol–water partition coefficient (Wildman–Crippen LogP) is 3.36. The molecule has 0 spiro atoms. The van der Waals surface area contributed by atoms with Crippen molar-refractivity contribution in [2.45, 2.75) is 20.8 Å². The van der Waals surface area contributed by atoms with Gasteiger partial charge in [-0.05, 0) is 62.3 Å². The summed E-state index contributed by atoms with van der Waals surface area (Å²) < 4.78 is 0. The second-order valence-corrected chi connectivity index (χ2v) is 6.90. The highest BCUT2D eigenvalue weighted by molar-refractivity contribution is 7.80. The highest BCUT2D eigenvalue weighted by Crippen LogP contribution is 2.25. The monoisotopic (exact) mass is 391 g/mol. The van der Waals surface area contributed by atoms with Crippen LogP contribution in [-0.4, -0.2) is 22.6 Å². The van der Waals surface area contributed by atoms with E-state index in [1.165, 1.54) is 0 Å². The molecule has 6 nitrogen and oxygen atoms in total. The van der Waals surface area contributed by atoms with Crippen molar-refractivity contribution in [3.8, 4) is 0 Å². The van der Waals surface area contributed by atoms with E-state index in [0.29, 0.717) is 11.5 Å². The molecular formula is C21H21N5OS. The number of amides is 1. The number of hydrogen-bond acceptors (Lipinski definition) is 4. The van der Waals surface area contributed by atoms with Crippen molar-refractivity contribution in [3.05, 3.63) is 70.9 Å². The van der Waals surface area contributed by atoms with E-state index in [9.17, 15) is 4.79 Å². The van der Waals surface area contributed by atoms with Crippen LogP contribution in [0.1, 0.15) is 30.5 Å². The first-order valence-corrected chi connectivity index (χ1v) is 9.14. The molecule has 2 aromatic rings. The molecule has 1 aliphatic rings. The minimum atomic E-state index is -0.146. The molecule has 3 N–H and O–H groups in total. The summed E-state index contributed by atoms with van der Waals surface area (Å²) in [5.74, 6) is 0.490. The van der Waals surface area contributed by atoms with E-state index in [4.69, 9.17) is 18.0 Å². The molecule has 0 unspecified atom stereocenters. The molecular weight excluding hydrogens is 370 g/mol. The quantitative estimate of drug-likeness (QED) is 0.362. The van der Waals surface area contributed by atoms with Crippen molar-refractivity contribution in [2.24, 2.45) is 15.8 Å². The molecule has 1 amide bonds. The minimum Gasteiger partial charge on any atom is -0.375 e. The molecule has 0 fully saturated rings. The number of carbonyl (C=O) groups excluding carboxylic acids is 1. The van der Waals surface area contributed by atoms with Gasteiger partial charge in [0.15, 0.2) is 5.11 Å². The third-order valence-corrected chi connectivity index (χ3v) is 4.34. The lowest BCUT2D eigenvalue weighted by atomic mass is 10.1. The number of nitrogens with one attached hydrogen (secondary N) is 1. The summed E-state index contributed by atoms with van der Waals surface area (Å²) in [6.07, 6.45) is 1.81. The average molecular weight is 392 g/mol. The lowest BCUT2D eigenvalue weighted by Crippen LogP contribution is -2.30. The molecule has 7 heteroatoms. The fourth-order valence-electron chi connectivity index (χ4n) is 2.90. The van der Waals surface area contributed by atoms with Crippen molar-refractivity contribution >= 4 is 46.5 Å². The topological polar surface area (TPSA) is 83.1 Å². The summed E-state index contributed by atoms with van der Waals surface area (Å²) in [5.41, 5.74) is 12.8. The largest absolute Gasteiger partial charge is 0.375 e. The number of aryl methyl sites for hydroxylation is 1. The molecule has 2 aromatic carbocycles. The van der Waals surface area contributed by atoms with Crippen molar-refractivity contribution in [1.29, 1.82) is 0 Å².